The summed E-state index contributed by atoms with van der Waals surface area (Å²) in [7, 11) is 1.79. The van der Waals surface area contributed by atoms with Crippen LogP contribution in [0.1, 0.15) is 40.6 Å². The van der Waals surface area contributed by atoms with Gasteiger partial charge in [-0.25, -0.2) is 0 Å². The molecule has 0 spiro atoms. The summed E-state index contributed by atoms with van der Waals surface area (Å²) in [5, 5.41) is 17.5. The summed E-state index contributed by atoms with van der Waals surface area (Å²) >= 11 is 0. The summed E-state index contributed by atoms with van der Waals surface area (Å²) in [5.74, 6) is 0.413. The summed E-state index contributed by atoms with van der Waals surface area (Å²) in [5.41, 5.74) is 1.20. The summed E-state index contributed by atoms with van der Waals surface area (Å²) in [4.78, 5) is 12.5. The van der Waals surface area contributed by atoms with Crippen molar-refractivity contribution in [1.82, 2.24) is 9.78 Å². The number of nitrogens with one attached hydrogen (secondary N) is 1. The summed E-state index contributed by atoms with van der Waals surface area (Å²) in [6.07, 6.45) is 2.01. The average Bonchev–Trinajstić information content (AvgIpc) is 3.23. The number of carbonyl (C=O) groups is 1. The molecule has 0 bridgehead atoms. The number of amides is 1. The highest BCUT2D eigenvalue weighted by Gasteiger charge is 2.37. The Morgan fingerprint density at radius 2 is 2.12 bits per heavy atom. The van der Waals surface area contributed by atoms with E-state index in [1.807, 2.05) is 6.07 Å². The van der Waals surface area contributed by atoms with E-state index in [1.165, 1.54) is 0 Å². The van der Waals surface area contributed by atoms with Crippen molar-refractivity contribution >= 4 is 11.7 Å². The van der Waals surface area contributed by atoms with Gasteiger partial charge in [-0.1, -0.05) is 12.1 Å². The van der Waals surface area contributed by atoms with Crippen molar-refractivity contribution in [1.29, 1.82) is 0 Å². The first-order valence-electron chi connectivity index (χ1n) is 8.43. The van der Waals surface area contributed by atoms with Crippen molar-refractivity contribution in [2.24, 2.45) is 7.05 Å². The lowest BCUT2D eigenvalue weighted by molar-refractivity contribution is -0.184. The molecule has 0 aliphatic carbocycles. The molecule has 0 saturated carbocycles. The summed E-state index contributed by atoms with van der Waals surface area (Å²) < 4.78 is 12.3. The minimum atomic E-state index is -0.923. The highest BCUT2D eigenvalue weighted by molar-refractivity contribution is 6.03. The second kappa shape index (κ2) is 6.25. The fourth-order valence-corrected chi connectivity index (χ4v) is 3.16. The number of rotatable bonds is 4. The number of ether oxygens (including phenoxy) is 2. The predicted octanol–water partition coefficient (Wildman–Crippen LogP) is 1.74. The van der Waals surface area contributed by atoms with Crippen LogP contribution in [0, 0.1) is 0 Å². The van der Waals surface area contributed by atoms with Gasteiger partial charge in [-0.05, 0) is 30.5 Å². The zero-order valence-electron chi connectivity index (χ0n) is 14.1. The van der Waals surface area contributed by atoms with E-state index >= 15 is 0 Å². The lowest BCUT2D eigenvalue weighted by Gasteiger charge is -2.36. The van der Waals surface area contributed by atoms with Gasteiger partial charge in [0.25, 0.3) is 5.91 Å². The Hall–Kier alpha value is -2.22. The number of hydrogen-bond acceptors (Lipinski definition) is 5. The number of carbonyl (C=O) groups excluding carboxylic acids is 1. The Morgan fingerprint density at radius 3 is 2.72 bits per heavy atom. The Balaban J connectivity index is 1.46. The summed E-state index contributed by atoms with van der Waals surface area (Å²) in [6.45, 7) is 1.34. The van der Waals surface area contributed by atoms with Crippen molar-refractivity contribution in [3.8, 4) is 0 Å². The van der Waals surface area contributed by atoms with Crippen molar-refractivity contribution in [3.05, 3.63) is 47.2 Å². The van der Waals surface area contributed by atoms with Crippen molar-refractivity contribution in [2.75, 3.05) is 25.1 Å². The van der Waals surface area contributed by atoms with Crippen LogP contribution in [0.4, 0.5) is 5.82 Å². The molecule has 2 N–H and O–H groups in total. The van der Waals surface area contributed by atoms with E-state index in [0.717, 1.165) is 30.7 Å². The number of hydrogen-bond donors (Lipinski definition) is 2. The Kier molecular flexibility index (Phi) is 4.07. The van der Waals surface area contributed by atoms with E-state index in [4.69, 9.17) is 9.47 Å². The van der Waals surface area contributed by atoms with Gasteiger partial charge in [0.15, 0.2) is 0 Å². The zero-order chi connectivity index (χ0) is 17.4. The Morgan fingerprint density at radius 1 is 1.36 bits per heavy atom. The molecule has 132 valence electrons. The second-order valence-corrected chi connectivity index (χ2v) is 6.64. The molecule has 2 fully saturated rings. The van der Waals surface area contributed by atoms with E-state index < -0.39 is 5.60 Å². The molecule has 2 aliphatic rings. The molecule has 1 atom stereocenters. The van der Waals surface area contributed by atoms with Crippen LogP contribution >= 0.6 is 0 Å². The SMILES string of the molecule is Cn1nc(C2CCCO2)cc1NC(=O)c1ccc(C2(O)COC2)cc1. The molecular weight excluding hydrogens is 322 g/mol. The molecule has 2 saturated heterocycles. The highest BCUT2D eigenvalue weighted by atomic mass is 16.5. The summed E-state index contributed by atoms with van der Waals surface area (Å²) in [6, 6.07) is 8.80. The minimum absolute atomic E-state index is 0.0153. The van der Waals surface area contributed by atoms with Gasteiger partial charge in [-0.15, -0.1) is 0 Å². The Bertz CT molecular complexity index is 774. The monoisotopic (exact) mass is 343 g/mol. The zero-order valence-corrected chi connectivity index (χ0v) is 14.1. The van der Waals surface area contributed by atoms with Crippen LogP contribution in [-0.2, 0) is 22.1 Å². The number of benzene rings is 1. The molecule has 1 aromatic heterocycles. The van der Waals surface area contributed by atoms with Gasteiger partial charge in [0, 0.05) is 25.3 Å². The standard InChI is InChI=1S/C18H21N3O4/c1-21-16(9-14(20-21)15-3-2-8-25-15)19-17(22)12-4-6-13(7-5-12)18(23)10-24-11-18/h4-7,9,15,23H,2-3,8,10-11H2,1H3,(H,19,22). The molecule has 4 rings (SSSR count). The molecule has 2 aliphatic heterocycles. The average molecular weight is 343 g/mol. The molecule has 7 nitrogen and oxygen atoms in total. The predicted molar refractivity (Wildman–Crippen MR) is 90.2 cm³/mol. The first-order valence-corrected chi connectivity index (χ1v) is 8.43. The molecule has 3 heterocycles. The van der Waals surface area contributed by atoms with Crippen LogP contribution in [0.3, 0.4) is 0 Å². The second-order valence-electron chi connectivity index (χ2n) is 6.64. The third-order valence-electron chi connectivity index (χ3n) is 4.77. The molecule has 1 amide bonds. The van der Waals surface area contributed by atoms with E-state index in [0.29, 0.717) is 24.6 Å². The first kappa shape index (κ1) is 16.3. The molecule has 0 radical (unpaired) electrons. The van der Waals surface area contributed by atoms with Gasteiger partial charge in [0.2, 0.25) is 0 Å². The van der Waals surface area contributed by atoms with Crippen LogP contribution in [0.5, 0.6) is 0 Å². The third kappa shape index (κ3) is 3.06. The van der Waals surface area contributed by atoms with Crippen LogP contribution in [0.2, 0.25) is 0 Å². The van der Waals surface area contributed by atoms with E-state index in [-0.39, 0.29) is 12.0 Å². The van der Waals surface area contributed by atoms with Crippen LogP contribution < -0.4 is 5.32 Å². The molecular formula is C18H21N3O4. The topological polar surface area (TPSA) is 85.6 Å². The minimum Gasteiger partial charge on any atom is -0.380 e. The van der Waals surface area contributed by atoms with Crippen molar-refractivity contribution in [3.63, 3.8) is 0 Å². The van der Waals surface area contributed by atoms with Gasteiger partial charge in [-0.3, -0.25) is 9.48 Å². The maximum absolute atomic E-state index is 12.5. The first-order chi connectivity index (χ1) is 12.0. The van der Waals surface area contributed by atoms with E-state index in [2.05, 4.69) is 10.4 Å². The van der Waals surface area contributed by atoms with Crippen LogP contribution in [0.15, 0.2) is 30.3 Å². The molecule has 2 aromatic rings. The van der Waals surface area contributed by atoms with Crippen LogP contribution in [-0.4, -0.2) is 40.6 Å². The maximum atomic E-state index is 12.5. The third-order valence-corrected chi connectivity index (χ3v) is 4.77. The smallest absolute Gasteiger partial charge is 0.256 e. The molecule has 1 unspecified atom stereocenters. The van der Waals surface area contributed by atoms with Gasteiger partial charge in [-0.2, -0.15) is 5.10 Å². The van der Waals surface area contributed by atoms with Gasteiger partial charge in [0.05, 0.1) is 18.9 Å². The fourth-order valence-electron chi connectivity index (χ4n) is 3.16. The lowest BCUT2D eigenvalue weighted by atomic mass is 9.91. The molecule has 25 heavy (non-hydrogen) atoms. The normalized spacial score (nSPS) is 21.8. The number of aliphatic hydroxyl groups is 1. The van der Waals surface area contributed by atoms with Crippen molar-refractivity contribution in [2.45, 2.75) is 24.5 Å². The fraction of sp³-hybridized carbons (Fsp3) is 0.444. The van der Waals surface area contributed by atoms with Gasteiger partial charge in [0.1, 0.15) is 17.5 Å². The maximum Gasteiger partial charge on any atom is 0.256 e. The number of anilines is 1. The lowest BCUT2D eigenvalue weighted by Crippen LogP contribution is -2.46. The van der Waals surface area contributed by atoms with E-state index in [1.54, 1.807) is 36.0 Å². The number of aromatic nitrogens is 2. The van der Waals surface area contributed by atoms with Crippen molar-refractivity contribution < 1.29 is 19.4 Å². The number of nitrogens with zero attached hydrogens (tertiary/aromatic N) is 2. The van der Waals surface area contributed by atoms with E-state index in [9.17, 15) is 9.90 Å². The Labute approximate surface area is 145 Å². The van der Waals surface area contributed by atoms with Crippen LogP contribution in [0.25, 0.3) is 0 Å². The number of aryl methyl sites for hydroxylation is 1. The molecule has 7 heteroatoms. The molecule has 1 aromatic carbocycles. The highest BCUT2D eigenvalue weighted by Crippen LogP contribution is 2.30. The largest absolute Gasteiger partial charge is 0.380 e. The quantitative estimate of drug-likeness (QED) is 0.883. The van der Waals surface area contributed by atoms with Gasteiger partial charge >= 0.3 is 0 Å². The van der Waals surface area contributed by atoms with Gasteiger partial charge < -0.3 is 19.9 Å².